The smallest absolute Gasteiger partial charge is 0.227 e. The van der Waals surface area contributed by atoms with Gasteiger partial charge in [0.2, 0.25) is 11.9 Å². The lowest BCUT2D eigenvalue weighted by Crippen LogP contribution is -2.29. The van der Waals surface area contributed by atoms with Crippen LogP contribution in [0.25, 0.3) is 0 Å². The molecule has 0 aliphatic carbocycles. The molecule has 0 radical (unpaired) electrons. The lowest BCUT2D eigenvalue weighted by molar-refractivity contribution is -0.122. The summed E-state index contributed by atoms with van der Waals surface area (Å²) in [6.07, 6.45) is 2.05. The maximum absolute atomic E-state index is 13.6. The van der Waals surface area contributed by atoms with Crippen LogP contribution in [0.4, 0.5) is 4.39 Å². The summed E-state index contributed by atoms with van der Waals surface area (Å²) in [7, 11) is 0. The van der Waals surface area contributed by atoms with E-state index in [1.54, 1.807) is 24.3 Å². The second-order valence-electron chi connectivity index (χ2n) is 5.31. The normalized spacial score (nSPS) is 12.0. The minimum absolute atomic E-state index is 0.0944. The fraction of sp³-hybridized carbons (Fsp3) is 0.294. The van der Waals surface area contributed by atoms with Crippen LogP contribution in [0.1, 0.15) is 36.0 Å². The molecule has 0 saturated carbocycles. The molecule has 23 heavy (non-hydrogen) atoms. The molecule has 1 amide bonds. The molecule has 0 fully saturated rings. The number of amides is 1. The summed E-state index contributed by atoms with van der Waals surface area (Å²) in [6, 6.07) is 6.80. The molecule has 1 atom stereocenters. The van der Waals surface area contributed by atoms with E-state index in [9.17, 15) is 9.18 Å². The Morgan fingerprint density at radius 2 is 2.04 bits per heavy atom. The predicted octanol–water partition coefficient (Wildman–Crippen LogP) is 4.65. The van der Waals surface area contributed by atoms with E-state index < -0.39 is 5.95 Å². The molecule has 0 spiro atoms. The number of nitrogens with zero attached hydrogens (tertiary/aromatic N) is 1. The van der Waals surface area contributed by atoms with Crippen LogP contribution in [0, 0.1) is 12.9 Å². The third-order valence-corrected chi connectivity index (χ3v) is 4.31. The molecule has 2 aromatic rings. The Kier molecular flexibility index (Phi) is 5.97. The van der Waals surface area contributed by atoms with E-state index in [0.29, 0.717) is 22.0 Å². The summed E-state index contributed by atoms with van der Waals surface area (Å²) in [5.74, 6) is -1.13. The zero-order valence-corrected chi connectivity index (χ0v) is 14.4. The number of hydrogen-bond donors (Lipinski definition) is 1. The van der Waals surface area contributed by atoms with E-state index in [4.69, 9.17) is 23.2 Å². The van der Waals surface area contributed by atoms with Crippen LogP contribution in [-0.2, 0) is 11.3 Å². The molecule has 1 unspecified atom stereocenters. The van der Waals surface area contributed by atoms with E-state index in [-0.39, 0.29) is 18.4 Å². The molecule has 1 heterocycles. The number of aromatic nitrogens is 1. The van der Waals surface area contributed by atoms with Crippen molar-refractivity contribution in [2.45, 2.75) is 32.7 Å². The van der Waals surface area contributed by atoms with Crippen molar-refractivity contribution in [1.29, 1.82) is 0 Å². The first kappa shape index (κ1) is 17.7. The van der Waals surface area contributed by atoms with Crippen LogP contribution in [0.3, 0.4) is 0 Å². The Morgan fingerprint density at radius 1 is 1.30 bits per heavy atom. The van der Waals surface area contributed by atoms with Crippen LogP contribution in [0.15, 0.2) is 30.5 Å². The Balaban J connectivity index is 2.11. The van der Waals surface area contributed by atoms with Crippen molar-refractivity contribution >= 4 is 29.1 Å². The van der Waals surface area contributed by atoms with Gasteiger partial charge in [-0.1, -0.05) is 36.2 Å². The number of aryl methyl sites for hydroxylation is 1. The molecule has 0 bridgehead atoms. The first-order valence-electron chi connectivity index (χ1n) is 7.26. The Bertz CT molecular complexity index is 722. The van der Waals surface area contributed by atoms with Gasteiger partial charge in [-0.25, -0.2) is 4.98 Å². The molecule has 0 aliphatic rings. The average Bonchev–Trinajstić information content (AvgIpc) is 2.52. The number of benzene rings is 1. The summed E-state index contributed by atoms with van der Waals surface area (Å²) in [5.41, 5.74) is 1.98. The highest BCUT2D eigenvalue weighted by Gasteiger charge is 2.19. The first-order chi connectivity index (χ1) is 10.9. The van der Waals surface area contributed by atoms with Gasteiger partial charge in [-0.2, -0.15) is 4.39 Å². The van der Waals surface area contributed by atoms with Crippen LogP contribution in [0.2, 0.25) is 10.0 Å². The number of carbonyl (C=O) groups is 1. The third-order valence-electron chi connectivity index (χ3n) is 3.57. The van der Waals surface area contributed by atoms with Crippen molar-refractivity contribution in [2.75, 3.05) is 0 Å². The molecule has 1 N–H and O–H groups in total. The zero-order valence-electron chi connectivity index (χ0n) is 12.9. The maximum atomic E-state index is 13.6. The van der Waals surface area contributed by atoms with Gasteiger partial charge in [-0.05, 0) is 42.7 Å². The van der Waals surface area contributed by atoms with Gasteiger partial charge in [0.1, 0.15) is 0 Å². The lowest BCUT2D eigenvalue weighted by atomic mass is 9.95. The van der Waals surface area contributed by atoms with E-state index in [1.165, 1.54) is 6.20 Å². The fourth-order valence-corrected chi connectivity index (χ4v) is 2.65. The summed E-state index contributed by atoms with van der Waals surface area (Å²) in [4.78, 5) is 16.1. The maximum Gasteiger partial charge on any atom is 0.227 e. The third kappa shape index (κ3) is 4.43. The zero-order chi connectivity index (χ0) is 17.0. The summed E-state index contributed by atoms with van der Waals surface area (Å²) in [5, 5.41) is 3.61. The topological polar surface area (TPSA) is 42.0 Å². The molecule has 0 aliphatic heterocycles. The Labute approximate surface area is 144 Å². The van der Waals surface area contributed by atoms with E-state index in [0.717, 1.165) is 11.1 Å². The van der Waals surface area contributed by atoms with Gasteiger partial charge in [0, 0.05) is 18.3 Å². The standard InChI is InChI=1S/C17H17Cl2FN2O/c1-3-13(11-4-5-14(18)15(19)7-11)17(23)22-9-12-6-10(2)8-21-16(12)20/h4-8,13H,3,9H2,1-2H3,(H,22,23). The highest BCUT2D eigenvalue weighted by molar-refractivity contribution is 6.42. The Morgan fingerprint density at radius 3 is 2.70 bits per heavy atom. The van der Waals surface area contributed by atoms with Crippen LogP contribution in [-0.4, -0.2) is 10.9 Å². The largest absolute Gasteiger partial charge is 0.351 e. The minimum atomic E-state index is -0.571. The van der Waals surface area contributed by atoms with Crippen molar-refractivity contribution in [3.05, 3.63) is 63.1 Å². The summed E-state index contributed by atoms with van der Waals surface area (Å²) >= 11 is 11.9. The monoisotopic (exact) mass is 354 g/mol. The van der Waals surface area contributed by atoms with Crippen LogP contribution in [0.5, 0.6) is 0 Å². The van der Waals surface area contributed by atoms with Gasteiger partial charge in [0.05, 0.1) is 16.0 Å². The van der Waals surface area contributed by atoms with Gasteiger partial charge >= 0.3 is 0 Å². The number of halogens is 3. The second-order valence-corrected chi connectivity index (χ2v) is 6.13. The van der Waals surface area contributed by atoms with Gasteiger partial charge < -0.3 is 5.32 Å². The highest BCUT2D eigenvalue weighted by atomic mass is 35.5. The lowest BCUT2D eigenvalue weighted by Gasteiger charge is -2.16. The van der Waals surface area contributed by atoms with E-state index in [1.807, 2.05) is 13.8 Å². The minimum Gasteiger partial charge on any atom is -0.351 e. The van der Waals surface area contributed by atoms with Crippen LogP contribution >= 0.6 is 23.2 Å². The molecule has 2 rings (SSSR count). The van der Waals surface area contributed by atoms with E-state index in [2.05, 4.69) is 10.3 Å². The van der Waals surface area contributed by atoms with Crippen molar-refractivity contribution < 1.29 is 9.18 Å². The number of hydrogen-bond acceptors (Lipinski definition) is 2. The van der Waals surface area contributed by atoms with Gasteiger partial charge in [0.25, 0.3) is 0 Å². The predicted molar refractivity (Wildman–Crippen MR) is 90.3 cm³/mol. The molecule has 1 aromatic carbocycles. The molecule has 122 valence electrons. The van der Waals surface area contributed by atoms with Gasteiger partial charge in [-0.3, -0.25) is 4.79 Å². The van der Waals surface area contributed by atoms with Crippen molar-refractivity contribution in [3.8, 4) is 0 Å². The number of pyridine rings is 1. The first-order valence-corrected chi connectivity index (χ1v) is 8.01. The molecular weight excluding hydrogens is 338 g/mol. The molecule has 3 nitrogen and oxygen atoms in total. The SMILES string of the molecule is CCC(C(=O)NCc1cc(C)cnc1F)c1ccc(Cl)c(Cl)c1. The van der Waals surface area contributed by atoms with Gasteiger partial charge in [-0.15, -0.1) is 0 Å². The fourth-order valence-electron chi connectivity index (χ4n) is 2.34. The number of nitrogens with one attached hydrogen (secondary N) is 1. The molecule has 0 saturated heterocycles. The van der Waals surface area contributed by atoms with Crippen LogP contribution < -0.4 is 5.32 Å². The molecule has 6 heteroatoms. The number of rotatable bonds is 5. The summed E-state index contributed by atoms with van der Waals surface area (Å²) < 4.78 is 13.6. The highest BCUT2D eigenvalue weighted by Crippen LogP contribution is 2.28. The summed E-state index contributed by atoms with van der Waals surface area (Å²) in [6.45, 7) is 3.82. The molecular formula is C17H17Cl2FN2O. The second kappa shape index (κ2) is 7.75. The molecule has 1 aromatic heterocycles. The van der Waals surface area contributed by atoms with Crippen molar-refractivity contribution in [2.24, 2.45) is 0 Å². The van der Waals surface area contributed by atoms with Gasteiger partial charge in [0.15, 0.2) is 0 Å². The average molecular weight is 355 g/mol. The van der Waals surface area contributed by atoms with Crippen molar-refractivity contribution in [3.63, 3.8) is 0 Å². The van der Waals surface area contributed by atoms with Crippen molar-refractivity contribution in [1.82, 2.24) is 10.3 Å². The number of carbonyl (C=O) groups excluding carboxylic acids is 1. The quantitative estimate of drug-likeness (QED) is 0.794. The Hall–Kier alpha value is -1.65. The van der Waals surface area contributed by atoms with E-state index >= 15 is 0 Å².